The van der Waals surface area contributed by atoms with E-state index in [1.807, 2.05) is 0 Å². The van der Waals surface area contributed by atoms with Gasteiger partial charge in [0.1, 0.15) is 0 Å². The Balaban J connectivity index is 2.47. The van der Waals surface area contributed by atoms with Gasteiger partial charge in [-0.15, -0.1) is 0 Å². The molecular formula is C11H24N2. The summed E-state index contributed by atoms with van der Waals surface area (Å²) in [6, 6.07) is 0.678. The van der Waals surface area contributed by atoms with Gasteiger partial charge in [0.05, 0.1) is 0 Å². The van der Waals surface area contributed by atoms with E-state index >= 15 is 0 Å². The van der Waals surface area contributed by atoms with Crippen molar-refractivity contribution in [2.75, 3.05) is 13.1 Å². The Kier molecular flexibility index (Phi) is 3.36. The lowest BCUT2D eigenvalue weighted by Crippen LogP contribution is -2.54. The Bertz CT molecular complexity index is 155. The smallest absolute Gasteiger partial charge is 0.0202 e. The molecule has 78 valence electrons. The largest absolute Gasteiger partial charge is 0.325 e. The van der Waals surface area contributed by atoms with E-state index in [2.05, 4.69) is 32.6 Å². The molecule has 0 aliphatic carbocycles. The molecule has 0 spiro atoms. The molecule has 0 saturated carbocycles. The third-order valence-corrected chi connectivity index (χ3v) is 3.61. The molecule has 2 heteroatoms. The maximum absolute atomic E-state index is 6.34. The number of hydrogen-bond acceptors (Lipinski definition) is 2. The van der Waals surface area contributed by atoms with Crippen LogP contribution in [0.3, 0.4) is 0 Å². The number of nitrogens with two attached hydrogens (primary N) is 1. The molecule has 0 aromatic carbocycles. The van der Waals surface area contributed by atoms with Crippen LogP contribution in [-0.2, 0) is 0 Å². The summed E-state index contributed by atoms with van der Waals surface area (Å²) in [5, 5.41) is 0. The van der Waals surface area contributed by atoms with Gasteiger partial charge in [-0.1, -0.05) is 13.8 Å². The maximum atomic E-state index is 6.34. The van der Waals surface area contributed by atoms with E-state index in [4.69, 9.17) is 5.73 Å². The third-order valence-electron chi connectivity index (χ3n) is 3.61. The van der Waals surface area contributed by atoms with Crippen LogP contribution >= 0.6 is 0 Å². The Hall–Kier alpha value is -0.0800. The van der Waals surface area contributed by atoms with Crippen LogP contribution in [0.5, 0.6) is 0 Å². The van der Waals surface area contributed by atoms with Crippen LogP contribution in [0, 0.1) is 5.92 Å². The van der Waals surface area contributed by atoms with Crippen molar-refractivity contribution in [2.24, 2.45) is 11.7 Å². The van der Waals surface area contributed by atoms with Gasteiger partial charge < -0.3 is 10.6 Å². The van der Waals surface area contributed by atoms with Crippen molar-refractivity contribution >= 4 is 0 Å². The fraction of sp³-hybridized carbons (Fsp3) is 1.00. The molecule has 1 saturated heterocycles. The van der Waals surface area contributed by atoms with Crippen molar-refractivity contribution in [2.45, 2.75) is 52.1 Å². The minimum Gasteiger partial charge on any atom is -0.325 e. The summed E-state index contributed by atoms with van der Waals surface area (Å²) in [6.07, 6.45) is 2.31. The molecule has 0 aromatic rings. The van der Waals surface area contributed by atoms with E-state index < -0.39 is 0 Å². The fourth-order valence-electron chi connectivity index (χ4n) is 2.03. The highest BCUT2D eigenvalue weighted by Gasteiger charge is 2.33. The molecule has 13 heavy (non-hydrogen) atoms. The minimum absolute atomic E-state index is 0.103. The van der Waals surface area contributed by atoms with Crippen LogP contribution in [0.2, 0.25) is 0 Å². The molecule has 0 atom stereocenters. The van der Waals surface area contributed by atoms with E-state index in [0.29, 0.717) is 12.0 Å². The van der Waals surface area contributed by atoms with Crippen molar-refractivity contribution in [3.8, 4) is 0 Å². The van der Waals surface area contributed by atoms with Crippen molar-refractivity contribution in [3.63, 3.8) is 0 Å². The summed E-state index contributed by atoms with van der Waals surface area (Å²) in [5.41, 5.74) is 6.44. The molecule has 0 unspecified atom stereocenters. The summed E-state index contributed by atoms with van der Waals surface area (Å²) in [6.45, 7) is 11.4. The van der Waals surface area contributed by atoms with Crippen molar-refractivity contribution in [3.05, 3.63) is 0 Å². The molecule has 2 nitrogen and oxygen atoms in total. The third kappa shape index (κ3) is 2.44. The average Bonchev–Trinajstić information content (AvgIpc) is 2.04. The number of likely N-dealkylation sites (tertiary alicyclic amines) is 1. The minimum atomic E-state index is 0.103. The van der Waals surface area contributed by atoms with Gasteiger partial charge in [0.25, 0.3) is 0 Å². The SMILES string of the molecule is CC(C)N1CCC(N)(C(C)C)CC1. The van der Waals surface area contributed by atoms with E-state index in [1.54, 1.807) is 0 Å². The van der Waals surface area contributed by atoms with Crippen LogP contribution in [0.25, 0.3) is 0 Å². The molecule has 0 radical (unpaired) electrons. The second-order valence-corrected chi connectivity index (χ2v) is 5.02. The predicted molar refractivity (Wildman–Crippen MR) is 57.7 cm³/mol. The van der Waals surface area contributed by atoms with Gasteiger partial charge >= 0.3 is 0 Å². The molecule has 1 aliphatic heterocycles. The predicted octanol–water partition coefficient (Wildman–Crippen LogP) is 1.84. The summed E-state index contributed by atoms with van der Waals surface area (Å²) in [4.78, 5) is 2.52. The first-order valence-corrected chi connectivity index (χ1v) is 5.48. The second kappa shape index (κ2) is 3.97. The molecular weight excluding hydrogens is 160 g/mol. The zero-order valence-electron chi connectivity index (χ0n) is 9.51. The van der Waals surface area contributed by atoms with E-state index in [1.165, 1.54) is 13.1 Å². The first-order chi connectivity index (χ1) is 5.96. The topological polar surface area (TPSA) is 29.3 Å². The van der Waals surface area contributed by atoms with Gasteiger partial charge in [0.2, 0.25) is 0 Å². The number of nitrogens with zero attached hydrogens (tertiary/aromatic N) is 1. The molecule has 0 bridgehead atoms. The lowest BCUT2D eigenvalue weighted by atomic mass is 9.79. The second-order valence-electron chi connectivity index (χ2n) is 5.02. The van der Waals surface area contributed by atoms with Gasteiger partial charge in [-0.2, -0.15) is 0 Å². The highest BCUT2D eigenvalue weighted by atomic mass is 15.2. The zero-order chi connectivity index (χ0) is 10.1. The molecule has 1 rings (SSSR count). The first kappa shape index (κ1) is 11.0. The first-order valence-electron chi connectivity index (χ1n) is 5.48. The Morgan fingerprint density at radius 3 is 1.85 bits per heavy atom. The standard InChI is InChI=1S/C11H24N2/c1-9(2)11(12)5-7-13(8-6-11)10(3)4/h9-10H,5-8,12H2,1-4H3. The highest BCUT2D eigenvalue weighted by Crippen LogP contribution is 2.27. The lowest BCUT2D eigenvalue weighted by molar-refractivity contribution is 0.107. The normalized spacial score (nSPS) is 24.2. The molecule has 1 aliphatic rings. The average molecular weight is 184 g/mol. The number of rotatable bonds is 2. The van der Waals surface area contributed by atoms with Crippen LogP contribution in [0.15, 0.2) is 0 Å². The van der Waals surface area contributed by atoms with Gasteiger partial charge in [0, 0.05) is 24.7 Å². The summed E-state index contributed by atoms with van der Waals surface area (Å²) in [5.74, 6) is 0.613. The highest BCUT2D eigenvalue weighted by molar-refractivity contribution is 4.93. The Morgan fingerprint density at radius 2 is 1.54 bits per heavy atom. The van der Waals surface area contributed by atoms with Crippen LogP contribution < -0.4 is 5.73 Å². The fourth-order valence-corrected chi connectivity index (χ4v) is 2.03. The van der Waals surface area contributed by atoms with Gasteiger partial charge in [-0.05, 0) is 32.6 Å². The zero-order valence-corrected chi connectivity index (χ0v) is 9.51. The van der Waals surface area contributed by atoms with Gasteiger partial charge in [0.15, 0.2) is 0 Å². The molecule has 0 aromatic heterocycles. The summed E-state index contributed by atoms with van der Waals surface area (Å²) in [7, 11) is 0. The van der Waals surface area contributed by atoms with Gasteiger partial charge in [-0.3, -0.25) is 0 Å². The van der Waals surface area contributed by atoms with Crippen LogP contribution in [-0.4, -0.2) is 29.6 Å². The van der Waals surface area contributed by atoms with Crippen molar-refractivity contribution < 1.29 is 0 Å². The molecule has 1 heterocycles. The quantitative estimate of drug-likeness (QED) is 0.709. The van der Waals surface area contributed by atoms with Gasteiger partial charge in [-0.25, -0.2) is 0 Å². The van der Waals surface area contributed by atoms with Crippen molar-refractivity contribution in [1.82, 2.24) is 4.90 Å². The van der Waals surface area contributed by atoms with E-state index in [0.717, 1.165) is 12.8 Å². The monoisotopic (exact) mass is 184 g/mol. The maximum Gasteiger partial charge on any atom is 0.0202 e. The lowest BCUT2D eigenvalue weighted by Gasteiger charge is -2.43. The van der Waals surface area contributed by atoms with Crippen molar-refractivity contribution in [1.29, 1.82) is 0 Å². The molecule has 1 fully saturated rings. The molecule has 0 amide bonds. The van der Waals surface area contributed by atoms with Crippen LogP contribution in [0.4, 0.5) is 0 Å². The van der Waals surface area contributed by atoms with E-state index in [9.17, 15) is 0 Å². The summed E-state index contributed by atoms with van der Waals surface area (Å²) < 4.78 is 0. The molecule has 2 N–H and O–H groups in total. The van der Waals surface area contributed by atoms with Crippen LogP contribution in [0.1, 0.15) is 40.5 Å². The summed E-state index contributed by atoms with van der Waals surface area (Å²) >= 11 is 0. The number of hydrogen-bond donors (Lipinski definition) is 1. The Labute approximate surface area is 82.5 Å². The number of piperidine rings is 1. The van der Waals surface area contributed by atoms with E-state index in [-0.39, 0.29) is 5.54 Å². The Morgan fingerprint density at radius 1 is 1.08 bits per heavy atom.